The number of fused-ring (bicyclic) bond motifs is 1. The molecular weight excluding hydrogens is 258 g/mol. The Morgan fingerprint density at radius 2 is 1.90 bits per heavy atom. The van der Waals surface area contributed by atoms with Gasteiger partial charge in [-0.05, 0) is 39.0 Å². The Morgan fingerprint density at radius 3 is 2.30 bits per heavy atom. The van der Waals surface area contributed by atoms with E-state index in [-0.39, 0.29) is 42.2 Å². The number of nitrogens with zero attached hydrogens (tertiary/aromatic N) is 1. The molecule has 3 N–H and O–H groups in total. The lowest BCUT2D eigenvalue weighted by Crippen LogP contribution is -2.65. The highest BCUT2D eigenvalue weighted by atomic mass is 16.2. The van der Waals surface area contributed by atoms with E-state index in [1.165, 1.54) is 4.90 Å². The number of imide groups is 1. The summed E-state index contributed by atoms with van der Waals surface area (Å²) in [5.41, 5.74) is 4.66. The molecule has 110 valence electrons. The molecule has 3 amide bonds. The number of nitrogens with two attached hydrogens (primary N) is 1. The second kappa shape index (κ2) is 4.28. The van der Waals surface area contributed by atoms with Gasteiger partial charge in [-0.3, -0.25) is 24.6 Å². The summed E-state index contributed by atoms with van der Waals surface area (Å²) < 4.78 is 0. The first-order valence-electron chi connectivity index (χ1n) is 7.29. The van der Waals surface area contributed by atoms with Gasteiger partial charge in [0, 0.05) is 6.04 Å². The van der Waals surface area contributed by atoms with Crippen LogP contribution in [0.4, 0.5) is 0 Å². The molecule has 0 aromatic heterocycles. The number of likely N-dealkylation sites (tertiary alicyclic amines) is 1. The molecule has 3 fully saturated rings. The van der Waals surface area contributed by atoms with E-state index in [9.17, 15) is 14.4 Å². The first-order valence-corrected chi connectivity index (χ1v) is 7.29. The van der Waals surface area contributed by atoms with Crippen LogP contribution >= 0.6 is 0 Å². The van der Waals surface area contributed by atoms with Gasteiger partial charge >= 0.3 is 0 Å². The predicted octanol–water partition coefficient (Wildman–Crippen LogP) is -0.377. The van der Waals surface area contributed by atoms with Gasteiger partial charge in [-0.25, -0.2) is 0 Å². The monoisotopic (exact) mass is 279 g/mol. The molecule has 1 heterocycles. The number of carbonyl (C=O) groups is 3. The van der Waals surface area contributed by atoms with Crippen molar-refractivity contribution >= 4 is 17.7 Å². The molecule has 6 nitrogen and oxygen atoms in total. The van der Waals surface area contributed by atoms with Gasteiger partial charge in [-0.15, -0.1) is 0 Å². The van der Waals surface area contributed by atoms with E-state index < -0.39 is 11.4 Å². The molecule has 3 atom stereocenters. The molecule has 1 aliphatic heterocycles. The van der Waals surface area contributed by atoms with Crippen LogP contribution in [-0.2, 0) is 14.4 Å². The third kappa shape index (κ3) is 1.93. The van der Waals surface area contributed by atoms with Crippen LogP contribution in [0, 0.1) is 17.8 Å². The van der Waals surface area contributed by atoms with Gasteiger partial charge in [0.25, 0.3) is 0 Å². The smallest absolute Gasteiger partial charge is 0.239 e. The largest absolute Gasteiger partial charge is 0.368 e. The van der Waals surface area contributed by atoms with Gasteiger partial charge in [0.1, 0.15) is 5.54 Å². The van der Waals surface area contributed by atoms with Crippen molar-refractivity contribution in [1.29, 1.82) is 0 Å². The quantitative estimate of drug-likeness (QED) is 0.648. The first-order chi connectivity index (χ1) is 9.36. The molecule has 6 heteroatoms. The molecule has 0 spiro atoms. The standard InChI is InChI=1S/C14H21N3O3/c1-7(2)16-14(13(15)20,8-3-4-8)6-17-11(18)9-5-10(9)12(17)19/h7-10,16H,3-6H2,1-2H3,(H2,15,20). The summed E-state index contributed by atoms with van der Waals surface area (Å²) in [7, 11) is 0. The summed E-state index contributed by atoms with van der Waals surface area (Å²) in [5.74, 6) is -0.860. The maximum atomic E-state index is 12.1. The fourth-order valence-electron chi connectivity index (χ4n) is 3.39. The molecule has 0 bridgehead atoms. The lowest BCUT2D eigenvalue weighted by molar-refractivity contribution is -0.144. The maximum Gasteiger partial charge on any atom is 0.239 e. The third-order valence-electron chi connectivity index (χ3n) is 4.62. The van der Waals surface area contributed by atoms with Gasteiger partial charge < -0.3 is 5.73 Å². The third-order valence-corrected chi connectivity index (χ3v) is 4.62. The average molecular weight is 279 g/mol. The Bertz CT molecular complexity index is 466. The highest BCUT2D eigenvalue weighted by Gasteiger charge is 2.62. The van der Waals surface area contributed by atoms with Crippen LogP contribution < -0.4 is 11.1 Å². The molecule has 20 heavy (non-hydrogen) atoms. The van der Waals surface area contributed by atoms with Crippen LogP contribution in [0.1, 0.15) is 33.1 Å². The fourth-order valence-corrected chi connectivity index (χ4v) is 3.39. The van der Waals surface area contributed by atoms with E-state index in [1.54, 1.807) is 0 Å². The Hall–Kier alpha value is -1.43. The van der Waals surface area contributed by atoms with Crippen LogP contribution in [0.15, 0.2) is 0 Å². The van der Waals surface area contributed by atoms with Gasteiger partial charge in [0.05, 0.1) is 18.4 Å². The second-order valence-electron chi connectivity index (χ2n) is 6.62. The van der Waals surface area contributed by atoms with Crippen molar-refractivity contribution in [1.82, 2.24) is 10.2 Å². The summed E-state index contributed by atoms with van der Waals surface area (Å²) in [6.45, 7) is 3.96. The van der Waals surface area contributed by atoms with Crippen LogP contribution in [-0.4, -0.2) is 40.7 Å². The average Bonchev–Trinajstić information content (AvgIpc) is 3.24. The molecule has 3 aliphatic rings. The zero-order valence-corrected chi connectivity index (χ0v) is 11.9. The number of hydrogen-bond acceptors (Lipinski definition) is 4. The number of primary amides is 1. The van der Waals surface area contributed by atoms with Crippen LogP contribution in [0.3, 0.4) is 0 Å². The van der Waals surface area contributed by atoms with Crippen LogP contribution in [0.25, 0.3) is 0 Å². The molecule has 3 unspecified atom stereocenters. The summed E-state index contributed by atoms with van der Waals surface area (Å²) >= 11 is 0. The molecule has 2 aliphatic carbocycles. The van der Waals surface area contributed by atoms with Crippen molar-refractivity contribution in [2.24, 2.45) is 23.5 Å². The van der Waals surface area contributed by atoms with E-state index in [0.717, 1.165) is 12.8 Å². The Kier molecular flexibility index (Phi) is 2.90. The molecule has 0 radical (unpaired) electrons. The molecule has 1 saturated heterocycles. The number of amides is 3. The molecular formula is C14H21N3O3. The number of carbonyl (C=O) groups excluding carboxylic acids is 3. The fraction of sp³-hybridized carbons (Fsp3) is 0.786. The van der Waals surface area contributed by atoms with Gasteiger partial charge in [0.15, 0.2) is 0 Å². The van der Waals surface area contributed by atoms with Crippen molar-refractivity contribution < 1.29 is 14.4 Å². The Balaban J connectivity index is 1.84. The van der Waals surface area contributed by atoms with Crippen LogP contribution in [0.5, 0.6) is 0 Å². The Morgan fingerprint density at radius 1 is 1.35 bits per heavy atom. The normalized spacial score (nSPS) is 31.4. The summed E-state index contributed by atoms with van der Waals surface area (Å²) in [6, 6.07) is 0.0606. The minimum atomic E-state index is -0.962. The predicted molar refractivity (Wildman–Crippen MR) is 71.2 cm³/mol. The summed E-state index contributed by atoms with van der Waals surface area (Å²) in [4.78, 5) is 37.5. The number of rotatable bonds is 6. The molecule has 2 saturated carbocycles. The van der Waals surface area contributed by atoms with E-state index in [0.29, 0.717) is 6.42 Å². The van der Waals surface area contributed by atoms with E-state index in [1.807, 2.05) is 13.8 Å². The number of hydrogen-bond donors (Lipinski definition) is 2. The van der Waals surface area contributed by atoms with E-state index in [2.05, 4.69) is 5.32 Å². The highest BCUT2D eigenvalue weighted by Crippen LogP contribution is 2.48. The summed E-state index contributed by atoms with van der Waals surface area (Å²) in [5, 5.41) is 3.23. The van der Waals surface area contributed by atoms with Crippen molar-refractivity contribution in [3.05, 3.63) is 0 Å². The second-order valence-corrected chi connectivity index (χ2v) is 6.62. The zero-order valence-electron chi connectivity index (χ0n) is 11.9. The van der Waals surface area contributed by atoms with Gasteiger partial charge in [-0.2, -0.15) is 0 Å². The molecule has 0 aromatic carbocycles. The van der Waals surface area contributed by atoms with Gasteiger partial charge in [-0.1, -0.05) is 0 Å². The van der Waals surface area contributed by atoms with E-state index in [4.69, 9.17) is 5.73 Å². The lowest BCUT2D eigenvalue weighted by atomic mass is 9.90. The SMILES string of the molecule is CC(C)NC(CN1C(=O)C2CC2C1=O)(C(N)=O)C1CC1. The minimum absolute atomic E-state index is 0.0606. The van der Waals surface area contributed by atoms with Crippen molar-refractivity contribution in [2.45, 2.75) is 44.7 Å². The molecule has 3 rings (SSSR count). The van der Waals surface area contributed by atoms with E-state index >= 15 is 0 Å². The number of piperidine rings is 1. The van der Waals surface area contributed by atoms with Gasteiger partial charge in [0.2, 0.25) is 17.7 Å². The number of nitrogens with one attached hydrogen (secondary N) is 1. The summed E-state index contributed by atoms with van der Waals surface area (Å²) in [6.07, 6.45) is 2.50. The first kappa shape index (κ1) is 13.5. The zero-order chi connectivity index (χ0) is 14.7. The minimum Gasteiger partial charge on any atom is -0.368 e. The lowest BCUT2D eigenvalue weighted by Gasteiger charge is -2.37. The van der Waals surface area contributed by atoms with Crippen LogP contribution in [0.2, 0.25) is 0 Å². The van der Waals surface area contributed by atoms with Crippen molar-refractivity contribution in [2.75, 3.05) is 6.54 Å². The Labute approximate surface area is 118 Å². The maximum absolute atomic E-state index is 12.1. The van der Waals surface area contributed by atoms with Crippen molar-refractivity contribution in [3.63, 3.8) is 0 Å². The highest BCUT2D eigenvalue weighted by molar-refractivity contribution is 6.09. The van der Waals surface area contributed by atoms with Crippen molar-refractivity contribution in [3.8, 4) is 0 Å². The topological polar surface area (TPSA) is 92.5 Å². The molecule has 0 aromatic rings.